The lowest BCUT2D eigenvalue weighted by Gasteiger charge is -2.30. The van der Waals surface area contributed by atoms with E-state index in [0.717, 1.165) is 28.6 Å². The average Bonchev–Trinajstić information content (AvgIpc) is 2.65. The highest BCUT2D eigenvalue weighted by molar-refractivity contribution is 9.10. The zero-order chi connectivity index (χ0) is 17.8. The van der Waals surface area contributed by atoms with Crippen LogP contribution in [0.5, 0.6) is 5.75 Å². The molecule has 6 heteroatoms. The van der Waals surface area contributed by atoms with Crippen LogP contribution in [0.2, 0.25) is 0 Å². The molecule has 0 atom stereocenters. The first-order valence-corrected chi connectivity index (χ1v) is 8.78. The second-order valence-electron chi connectivity index (χ2n) is 5.69. The number of amides is 1. The van der Waals surface area contributed by atoms with Gasteiger partial charge < -0.3 is 14.4 Å². The second-order valence-corrected chi connectivity index (χ2v) is 6.60. The van der Waals surface area contributed by atoms with E-state index in [1.165, 1.54) is 7.11 Å². The molecule has 0 spiro atoms. The van der Waals surface area contributed by atoms with E-state index in [0.29, 0.717) is 17.9 Å². The lowest BCUT2D eigenvalue weighted by Crippen LogP contribution is -2.39. The first-order chi connectivity index (χ1) is 12.1. The van der Waals surface area contributed by atoms with Crippen molar-refractivity contribution in [1.29, 1.82) is 0 Å². The Labute approximate surface area is 154 Å². The van der Waals surface area contributed by atoms with Crippen LogP contribution in [-0.4, -0.2) is 32.1 Å². The minimum Gasteiger partial charge on any atom is -0.484 e. The minimum atomic E-state index is -0.378. The first-order valence-electron chi connectivity index (χ1n) is 7.99. The fraction of sp³-hybridized carbons (Fsp3) is 0.263. The van der Waals surface area contributed by atoms with Crippen LogP contribution in [0.3, 0.4) is 0 Å². The molecule has 0 unspecified atom stereocenters. The zero-order valence-corrected chi connectivity index (χ0v) is 15.4. The Hall–Kier alpha value is -2.34. The molecule has 2 aromatic rings. The molecule has 2 aromatic carbocycles. The number of halogens is 1. The largest absolute Gasteiger partial charge is 0.484 e. The topological polar surface area (TPSA) is 55.8 Å². The van der Waals surface area contributed by atoms with Crippen LogP contribution >= 0.6 is 15.9 Å². The standard InChI is InChI=1S/C19H18BrNO4/c1-24-19(23)16-4-2-6-17-15(16)5-3-11-21(17)18(22)12-25-14-9-7-13(20)8-10-14/h2,4,6-10H,3,5,11-12H2,1H3. The highest BCUT2D eigenvalue weighted by atomic mass is 79.9. The quantitative estimate of drug-likeness (QED) is 0.731. The van der Waals surface area contributed by atoms with Crippen molar-refractivity contribution in [2.45, 2.75) is 12.8 Å². The number of rotatable bonds is 4. The Morgan fingerprint density at radius 3 is 2.64 bits per heavy atom. The van der Waals surface area contributed by atoms with Crippen molar-refractivity contribution in [3.63, 3.8) is 0 Å². The lowest BCUT2D eigenvalue weighted by molar-refractivity contribution is -0.120. The SMILES string of the molecule is COC(=O)c1cccc2c1CCCN2C(=O)COc1ccc(Br)cc1. The zero-order valence-electron chi connectivity index (χ0n) is 13.8. The maximum absolute atomic E-state index is 12.6. The molecule has 1 heterocycles. The van der Waals surface area contributed by atoms with Crippen LogP contribution in [0.1, 0.15) is 22.3 Å². The van der Waals surface area contributed by atoms with Gasteiger partial charge in [0.05, 0.1) is 12.7 Å². The van der Waals surface area contributed by atoms with Crippen LogP contribution in [0.15, 0.2) is 46.9 Å². The summed E-state index contributed by atoms with van der Waals surface area (Å²) in [4.78, 5) is 26.3. The molecule has 0 aliphatic carbocycles. The van der Waals surface area contributed by atoms with E-state index in [1.54, 1.807) is 29.2 Å². The fourth-order valence-corrected chi connectivity index (χ4v) is 3.20. The number of esters is 1. The van der Waals surface area contributed by atoms with E-state index in [1.807, 2.05) is 18.2 Å². The van der Waals surface area contributed by atoms with Gasteiger partial charge >= 0.3 is 5.97 Å². The highest BCUT2D eigenvalue weighted by Crippen LogP contribution is 2.30. The van der Waals surface area contributed by atoms with Gasteiger partial charge in [-0.15, -0.1) is 0 Å². The number of hydrogen-bond acceptors (Lipinski definition) is 4. The molecule has 5 nitrogen and oxygen atoms in total. The Bertz CT molecular complexity index is 789. The summed E-state index contributed by atoms with van der Waals surface area (Å²) in [6, 6.07) is 12.7. The van der Waals surface area contributed by atoms with E-state index >= 15 is 0 Å². The Morgan fingerprint density at radius 1 is 1.16 bits per heavy atom. The molecule has 1 aliphatic heterocycles. The van der Waals surface area contributed by atoms with Gasteiger partial charge in [-0.3, -0.25) is 4.79 Å². The van der Waals surface area contributed by atoms with E-state index in [9.17, 15) is 9.59 Å². The smallest absolute Gasteiger partial charge is 0.338 e. The van der Waals surface area contributed by atoms with Crippen LogP contribution in [0, 0.1) is 0 Å². The Morgan fingerprint density at radius 2 is 1.92 bits per heavy atom. The number of methoxy groups -OCH3 is 1. The predicted octanol–water partition coefficient (Wildman–Crippen LogP) is 3.59. The van der Waals surface area contributed by atoms with Crippen LogP contribution < -0.4 is 9.64 Å². The summed E-state index contributed by atoms with van der Waals surface area (Å²) in [7, 11) is 1.36. The summed E-state index contributed by atoms with van der Waals surface area (Å²) in [5.74, 6) is 0.125. The monoisotopic (exact) mass is 403 g/mol. The van der Waals surface area contributed by atoms with Crippen molar-refractivity contribution in [1.82, 2.24) is 0 Å². The maximum Gasteiger partial charge on any atom is 0.338 e. The van der Waals surface area contributed by atoms with Gasteiger partial charge in [0.25, 0.3) is 5.91 Å². The van der Waals surface area contributed by atoms with Gasteiger partial charge in [0.15, 0.2) is 6.61 Å². The third kappa shape index (κ3) is 3.85. The van der Waals surface area contributed by atoms with Gasteiger partial charge in [-0.05, 0) is 54.8 Å². The molecule has 0 saturated carbocycles. The molecule has 1 amide bonds. The van der Waals surface area contributed by atoms with Crippen molar-refractivity contribution < 1.29 is 19.1 Å². The van der Waals surface area contributed by atoms with Gasteiger partial charge in [0.1, 0.15) is 5.75 Å². The van der Waals surface area contributed by atoms with Gasteiger partial charge in [-0.1, -0.05) is 22.0 Å². The van der Waals surface area contributed by atoms with Crippen molar-refractivity contribution in [3.05, 3.63) is 58.1 Å². The minimum absolute atomic E-state index is 0.0521. The number of carbonyl (C=O) groups excluding carboxylic acids is 2. The summed E-state index contributed by atoms with van der Waals surface area (Å²) >= 11 is 3.36. The number of nitrogens with zero attached hydrogens (tertiary/aromatic N) is 1. The van der Waals surface area contributed by atoms with Crippen molar-refractivity contribution in [2.24, 2.45) is 0 Å². The molecule has 0 fully saturated rings. The number of anilines is 1. The number of carbonyl (C=O) groups is 2. The van der Waals surface area contributed by atoms with E-state index in [-0.39, 0.29) is 18.5 Å². The fourth-order valence-electron chi connectivity index (χ4n) is 2.94. The average molecular weight is 404 g/mol. The second kappa shape index (κ2) is 7.70. The first kappa shape index (κ1) is 17.5. The molecule has 1 aliphatic rings. The summed E-state index contributed by atoms with van der Waals surface area (Å²) in [6.07, 6.45) is 1.54. The van der Waals surface area contributed by atoms with E-state index < -0.39 is 0 Å². The molecule has 0 aromatic heterocycles. The van der Waals surface area contributed by atoms with E-state index in [4.69, 9.17) is 9.47 Å². The normalized spacial score (nSPS) is 13.1. The van der Waals surface area contributed by atoms with Crippen LogP contribution in [0.25, 0.3) is 0 Å². The molecule has 0 radical (unpaired) electrons. The maximum atomic E-state index is 12.6. The molecular formula is C19H18BrNO4. The van der Waals surface area contributed by atoms with Crippen molar-refractivity contribution in [3.8, 4) is 5.75 Å². The highest BCUT2D eigenvalue weighted by Gasteiger charge is 2.26. The van der Waals surface area contributed by atoms with Gasteiger partial charge in [-0.25, -0.2) is 4.79 Å². The molecule has 0 bridgehead atoms. The third-order valence-corrected chi connectivity index (χ3v) is 4.66. The van der Waals surface area contributed by atoms with Crippen molar-refractivity contribution >= 4 is 33.5 Å². The molecule has 25 heavy (non-hydrogen) atoms. The predicted molar refractivity (Wildman–Crippen MR) is 98.1 cm³/mol. The summed E-state index contributed by atoms with van der Waals surface area (Å²) in [6.45, 7) is 0.559. The lowest BCUT2D eigenvalue weighted by atomic mass is 9.96. The summed E-state index contributed by atoms with van der Waals surface area (Å²) in [5, 5.41) is 0. The Kier molecular flexibility index (Phi) is 5.38. The molecule has 3 rings (SSSR count). The molecule has 0 saturated heterocycles. The van der Waals surface area contributed by atoms with Crippen molar-refractivity contribution in [2.75, 3.05) is 25.2 Å². The summed E-state index contributed by atoms with van der Waals surface area (Å²) < 4.78 is 11.4. The number of ether oxygens (including phenoxy) is 2. The molecular weight excluding hydrogens is 386 g/mol. The van der Waals surface area contributed by atoms with Gasteiger partial charge in [0, 0.05) is 16.7 Å². The van der Waals surface area contributed by atoms with Gasteiger partial charge in [-0.2, -0.15) is 0 Å². The van der Waals surface area contributed by atoms with Crippen LogP contribution in [-0.2, 0) is 16.0 Å². The number of hydrogen-bond donors (Lipinski definition) is 0. The molecule has 0 N–H and O–H groups in total. The van der Waals surface area contributed by atoms with E-state index in [2.05, 4.69) is 15.9 Å². The Balaban J connectivity index is 1.77. The molecule has 130 valence electrons. The number of fused-ring (bicyclic) bond motifs is 1. The van der Waals surface area contributed by atoms with Crippen LogP contribution in [0.4, 0.5) is 5.69 Å². The summed E-state index contributed by atoms with van der Waals surface area (Å²) in [5.41, 5.74) is 2.14. The van der Waals surface area contributed by atoms with Gasteiger partial charge in [0.2, 0.25) is 0 Å². The number of benzene rings is 2. The third-order valence-electron chi connectivity index (χ3n) is 4.13.